The van der Waals surface area contributed by atoms with Gasteiger partial charge >= 0.3 is 0 Å². The second-order valence-electron chi connectivity index (χ2n) is 7.44. The third-order valence-electron chi connectivity index (χ3n) is 5.09. The van der Waals surface area contributed by atoms with Gasteiger partial charge in [-0.25, -0.2) is 4.98 Å². The number of carbonyl (C=O) groups excluding carboxylic acids is 1. The van der Waals surface area contributed by atoms with E-state index >= 15 is 0 Å². The molecule has 0 spiro atoms. The Morgan fingerprint density at radius 3 is 2.66 bits per heavy atom. The van der Waals surface area contributed by atoms with Crippen LogP contribution in [0.3, 0.4) is 0 Å². The molecule has 152 valence electrons. The zero-order valence-corrected chi connectivity index (χ0v) is 17.5. The Hall–Kier alpha value is -2.48. The molecule has 1 aromatic carbocycles. The molecule has 4 rings (SSSR count). The molecular weight excluding hydrogens is 384 g/mol. The maximum atomic E-state index is 12.7. The van der Waals surface area contributed by atoms with Crippen molar-refractivity contribution in [2.24, 2.45) is 0 Å². The van der Waals surface area contributed by atoms with E-state index in [1.165, 1.54) is 5.56 Å². The summed E-state index contributed by atoms with van der Waals surface area (Å²) in [5.41, 5.74) is 2.16. The first-order valence-electron chi connectivity index (χ1n) is 9.88. The van der Waals surface area contributed by atoms with E-state index in [0.29, 0.717) is 19.0 Å². The Morgan fingerprint density at radius 1 is 1.14 bits per heavy atom. The van der Waals surface area contributed by atoms with Crippen LogP contribution in [-0.2, 0) is 17.9 Å². The van der Waals surface area contributed by atoms with Crippen molar-refractivity contribution in [1.82, 2.24) is 19.7 Å². The number of nitrogens with zero attached hydrogens (tertiary/aromatic N) is 4. The van der Waals surface area contributed by atoms with E-state index in [0.717, 1.165) is 43.3 Å². The quantitative estimate of drug-likeness (QED) is 0.599. The van der Waals surface area contributed by atoms with Crippen LogP contribution in [0.1, 0.15) is 11.3 Å². The van der Waals surface area contributed by atoms with Crippen LogP contribution in [0.2, 0.25) is 0 Å². The highest BCUT2D eigenvalue weighted by molar-refractivity contribution is 7.13. The van der Waals surface area contributed by atoms with Crippen molar-refractivity contribution in [3.63, 3.8) is 0 Å². The highest BCUT2D eigenvalue weighted by atomic mass is 32.1. The molecule has 1 saturated heterocycles. The number of rotatable bonds is 7. The van der Waals surface area contributed by atoms with E-state index in [9.17, 15) is 4.79 Å². The Kier molecular flexibility index (Phi) is 6.39. The highest BCUT2D eigenvalue weighted by Gasteiger charge is 2.22. The first-order valence-corrected chi connectivity index (χ1v) is 10.8. The van der Waals surface area contributed by atoms with Crippen LogP contribution >= 0.6 is 11.3 Å². The molecule has 1 aliphatic rings. The zero-order chi connectivity index (χ0) is 20.1. The fourth-order valence-electron chi connectivity index (χ4n) is 3.55. The number of carbonyl (C=O) groups is 1. The summed E-state index contributed by atoms with van der Waals surface area (Å²) in [6.45, 7) is 5.32. The highest BCUT2D eigenvalue weighted by Crippen LogP contribution is 2.23. The molecule has 2 aromatic heterocycles. The lowest BCUT2D eigenvalue weighted by molar-refractivity contribution is -0.134. The maximum Gasteiger partial charge on any atom is 0.236 e. The minimum Gasteiger partial charge on any atom is -0.444 e. The van der Waals surface area contributed by atoms with Crippen molar-refractivity contribution in [3.05, 3.63) is 65.4 Å². The molecule has 0 aliphatic carbocycles. The largest absolute Gasteiger partial charge is 0.444 e. The van der Waals surface area contributed by atoms with Gasteiger partial charge in [-0.15, -0.1) is 11.3 Å². The average Bonchev–Trinajstić information content (AvgIpc) is 3.41. The molecule has 3 aromatic rings. The fraction of sp³-hybridized carbons (Fsp3) is 0.364. The molecule has 3 heterocycles. The van der Waals surface area contributed by atoms with Crippen molar-refractivity contribution in [2.75, 3.05) is 39.8 Å². The summed E-state index contributed by atoms with van der Waals surface area (Å²) >= 11 is 1.60. The Balaban J connectivity index is 1.22. The van der Waals surface area contributed by atoms with Crippen LogP contribution in [-0.4, -0.2) is 65.4 Å². The van der Waals surface area contributed by atoms with Crippen LogP contribution in [0, 0.1) is 0 Å². The summed E-state index contributed by atoms with van der Waals surface area (Å²) in [7, 11) is 1.95. The molecule has 0 atom stereocenters. The van der Waals surface area contributed by atoms with Crippen molar-refractivity contribution < 1.29 is 9.21 Å². The molecule has 1 fully saturated rings. The number of aromatic nitrogens is 1. The van der Waals surface area contributed by atoms with Gasteiger partial charge in [-0.2, -0.15) is 0 Å². The molecule has 0 radical (unpaired) electrons. The molecule has 1 aliphatic heterocycles. The van der Waals surface area contributed by atoms with E-state index in [4.69, 9.17) is 4.42 Å². The Morgan fingerprint density at radius 2 is 1.93 bits per heavy atom. The topological polar surface area (TPSA) is 52.8 Å². The molecule has 0 unspecified atom stereocenters. The number of benzene rings is 1. The minimum absolute atomic E-state index is 0.175. The van der Waals surface area contributed by atoms with Crippen molar-refractivity contribution in [2.45, 2.75) is 13.1 Å². The summed E-state index contributed by atoms with van der Waals surface area (Å²) in [5, 5.41) is 2.00. The standard InChI is InChI=1S/C22H26N4O2S/c1-24(15-19-17-28-22(23-19)20-8-5-13-29-20)16-21(27)26-11-9-25(10-12-26)14-18-6-3-2-4-7-18/h2-8,13,17H,9-12,14-16H2,1H3. The van der Waals surface area contributed by atoms with Gasteiger partial charge in [0.25, 0.3) is 0 Å². The van der Waals surface area contributed by atoms with Gasteiger partial charge in [-0.05, 0) is 24.1 Å². The average molecular weight is 411 g/mol. The Bertz CT molecular complexity index is 902. The third-order valence-corrected chi connectivity index (χ3v) is 5.95. The van der Waals surface area contributed by atoms with E-state index in [1.807, 2.05) is 40.4 Å². The molecule has 0 N–H and O–H groups in total. The third kappa shape index (κ3) is 5.32. The van der Waals surface area contributed by atoms with Crippen LogP contribution in [0.4, 0.5) is 0 Å². The van der Waals surface area contributed by atoms with Gasteiger partial charge in [-0.3, -0.25) is 14.6 Å². The Labute approximate surface area is 175 Å². The van der Waals surface area contributed by atoms with E-state index in [1.54, 1.807) is 17.6 Å². The van der Waals surface area contributed by atoms with E-state index < -0.39 is 0 Å². The minimum atomic E-state index is 0.175. The van der Waals surface area contributed by atoms with Gasteiger partial charge < -0.3 is 9.32 Å². The number of amides is 1. The fourth-order valence-corrected chi connectivity index (χ4v) is 4.21. The molecular formula is C22H26N4O2S. The van der Waals surface area contributed by atoms with Gasteiger partial charge in [0.1, 0.15) is 6.26 Å². The molecule has 0 bridgehead atoms. The number of oxazole rings is 1. The van der Waals surface area contributed by atoms with Crippen LogP contribution < -0.4 is 0 Å². The second-order valence-corrected chi connectivity index (χ2v) is 8.38. The van der Waals surface area contributed by atoms with Crippen molar-refractivity contribution >= 4 is 17.2 Å². The lowest BCUT2D eigenvalue weighted by Gasteiger charge is -2.35. The van der Waals surface area contributed by atoms with Gasteiger partial charge in [0, 0.05) is 39.3 Å². The van der Waals surface area contributed by atoms with Gasteiger partial charge in [0.05, 0.1) is 17.1 Å². The molecule has 1 amide bonds. The monoisotopic (exact) mass is 410 g/mol. The van der Waals surface area contributed by atoms with Crippen LogP contribution in [0.5, 0.6) is 0 Å². The number of piperazine rings is 1. The van der Waals surface area contributed by atoms with E-state index in [2.05, 4.69) is 34.1 Å². The first-order chi connectivity index (χ1) is 14.2. The van der Waals surface area contributed by atoms with Crippen LogP contribution in [0.15, 0.2) is 58.5 Å². The normalized spacial score (nSPS) is 15.2. The number of hydrogen-bond donors (Lipinski definition) is 0. The van der Waals surface area contributed by atoms with Crippen molar-refractivity contribution in [1.29, 1.82) is 0 Å². The summed E-state index contributed by atoms with van der Waals surface area (Å²) in [6.07, 6.45) is 1.68. The second kappa shape index (κ2) is 9.35. The molecule has 0 saturated carbocycles. The summed E-state index contributed by atoms with van der Waals surface area (Å²) in [4.78, 5) is 24.6. The summed E-state index contributed by atoms with van der Waals surface area (Å²) in [5.74, 6) is 0.818. The lowest BCUT2D eigenvalue weighted by atomic mass is 10.2. The maximum absolute atomic E-state index is 12.7. The first kappa shape index (κ1) is 19.8. The molecule has 7 heteroatoms. The molecule has 29 heavy (non-hydrogen) atoms. The predicted octanol–water partition coefficient (Wildman–Crippen LogP) is 3.18. The number of thiophene rings is 1. The van der Waals surface area contributed by atoms with Crippen molar-refractivity contribution in [3.8, 4) is 10.8 Å². The van der Waals surface area contributed by atoms with Gasteiger partial charge in [-0.1, -0.05) is 36.4 Å². The number of likely N-dealkylation sites (N-methyl/N-ethyl adjacent to an activating group) is 1. The zero-order valence-electron chi connectivity index (χ0n) is 16.7. The van der Waals surface area contributed by atoms with Gasteiger partial charge in [0.15, 0.2) is 0 Å². The summed E-state index contributed by atoms with van der Waals surface area (Å²) < 4.78 is 5.56. The van der Waals surface area contributed by atoms with Crippen LogP contribution in [0.25, 0.3) is 10.8 Å². The van der Waals surface area contributed by atoms with Gasteiger partial charge in [0.2, 0.25) is 11.8 Å². The molecule has 6 nitrogen and oxygen atoms in total. The predicted molar refractivity (Wildman–Crippen MR) is 114 cm³/mol. The lowest BCUT2D eigenvalue weighted by Crippen LogP contribution is -2.50. The van der Waals surface area contributed by atoms with E-state index in [-0.39, 0.29) is 5.91 Å². The summed E-state index contributed by atoms with van der Waals surface area (Å²) in [6, 6.07) is 14.5. The SMILES string of the molecule is CN(CC(=O)N1CCN(Cc2ccccc2)CC1)Cc1coc(-c2cccs2)n1. The smallest absolute Gasteiger partial charge is 0.236 e. The number of hydrogen-bond acceptors (Lipinski definition) is 6.